The summed E-state index contributed by atoms with van der Waals surface area (Å²) in [7, 11) is -1.24. The zero-order valence-corrected chi connectivity index (χ0v) is 16.0. The van der Waals surface area contributed by atoms with E-state index in [-0.39, 0.29) is 4.78 Å². The summed E-state index contributed by atoms with van der Waals surface area (Å²) < 4.78 is 35.3. The number of thiophene rings is 1. The van der Waals surface area contributed by atoms with Gasteiger partial charge in [-0.1, -0.05) is 0 Å². The lowest BCUT2D eigenvalue weighted by Crippen LogP contribution is -2.44. The van der Waals surface area contributed by atoms with Crippen molar-refractivity contribution in [2.75, 3.05) is 7.11 Å². The molecule has 1 amide bonds. The number of carbonyl (C=O) groups excluding carboxylic acids is 2. The van der Waals surface area contributed by atoms with Crippen LogP contribution in [0.5, 0.6) is 0 Å². The number of rotatable bonds is 7. The first-order valence-corrected chi connectivity index (χ1v) is 8.80. The molecule has 0 aliphatic heterocycles. The Morgan fingerprint density at radius 2 is 2.00 bits per heavy atom. The third-order valence-electron chi connectivity index (χ3n) is 3.33. The quantitative estimate of drug-likeness (QED) is 0.588. The van der Waals surface area contributed by atoms with Crippen LogP contribution < -0.4 is 10.1 Å². The maximum absolute atomic E-state index is 12.7. The minimum Gasteiger partial charge on any atom is -0.467 e. The second kappa shape index (κ2) is 9.17. The molecule has 0 spiro atoms. The third kappa shape index (κ3) is 7.42. The number of esters is 1. The average Bonchev–Trinajstić information content (AvgIpc) is 2.85. The third-order valence-corrected chi connectivity index (χ3v) is 4.63. The molecule has 140 valence electrons. The molecule has 0 aliphatic carbocycles. The van der Waals surface area contributed by atoms with Crippen molar-refractivity contribution in [1.82, 2.24) is 5.32 Å². The highest BCUT2D eigenvalue weighted by Crippen LogP contribution is 2.19. The Morgan fingerprint density at radius 1 is 1.36 bits per heavy atom. The largest absolute Gasteiger partial charge is 0.582 e. The zero-order chi connectivity index (χ0) is 19.2. The number of hydrogen-bond acceptors (Lipinski definition) is 5. The van der Waals surface area contributed by atoms with E-state index in [2.05, 4.69) is 5.32 Å². The molecule has 5 nitrogen and oxygen atoms in total. The Morgan fingerprint density at radius 3 is 2.48 bits per heavy atom. The van der Waals surface area contributed by atoms with Crippen LogP contribution in [-0.2, 0) is 20.7 Å². The molecule has 0 saturated carbocycles. The van der Waals surface area contributed by atoms with Crippen molar-refractivity contribution in [3.05, 3.63) is 16.5 Å². The van der Waals surface area contributed by atoms with Gasteiger partial charge in [0.1, 0.15) is 11.6 Å². The molecule has 9 heteroatoms. The lowest BCUT2D eigenvalue weighted by Gasteiger charge is -2.22. The average molecular weight is 375 g/mol. The molecule has 1 aromatic heterocycles. The maximum atomic E-state index is 12.7. The highest BCUT2D eigenvalue weighted by atomic mass is 32.1. The SMILES string of the molecule is COC(=O)[C@H](CCCc1sc(B(F)F)cc1C)NC(=O)OC(C)(C)C. The standard InChI is InChI=1S/C16H24BF2NO4S/c1-10-9-13(17(18)19)25-12(10)8-6-7-11(14(21)23-5)20-15(22)24-16(2,3)4/h9,11H,6-8H2,1-5H3,(H,20,22)/t11-/m0/s1. The summed E-state index contributed by atoms with van der Waals surface area (Å²) in [5, 5.41) is 2.50. The van der Waals surface area contributed by atoms with E-state index >= 15 is 0 Å². The summed E-state index contributed by atoms with van der Waals surface area (Å²) in [5.41, 5.74) is 0.139. The Labute approximate surface area is 151 Å². The van der Waals surface area contributed by atoms with Crippen molar-refractivity contribution in [2.45, 2.75) is 58.6 Å². The van der Waals surface area contributed by atoms with Crippen LogP contribution in [0.15, 0.2) is 6.07 Å². The van der Waals surface area contributed by atoms with Gasteiger partial charge in [0, 0.05) is 9.65 Å². The molecule has 0 fully saturated rings. The molecule has 0 unspecified atom stereocenters. The number of amides is 1. The van der Waals surface area contributed by atoms with Gasteiger partial charge in [0.25, 0.3) is 0 Å². The molecular formula is C16H24BF2NO4S. The number of aryl methyl sites for hydroxylation is 2. The summed E-state index contributed by atoms with van der Waals surface area (Å²) in [6.07, 6.45) is 0.717. The molecule has 1 heterocycles. The van der Waals surface area contributed by atoms with E-state index in [1.54, 1.807) is 27.7 Å². The lowest BCUT2D eigenvalue weighted by atomic mass is 9.95. The van der Waals surface area contributed by atoms with E-state index in [1.165, 1.54) is 13.2 Å². The van der Waals surface area contributed by atoms with Crippen LogP contribution in [0.3, 0.4) is 0 Å². The Hall–Kier alpha value is -1.64. The number of alkyl carbamates (subject to hydrolysis) is 1. The van der Waals surface area contributed by atoms with Crippen molar-refractivity contribution >= 4 is 35.4 Å². The molecule has 0 aliphatic rings. The fourth-order valence-electron chi connectivity index (χ4n) is 2.21. The number of nitrogens with one attached hydrogen (secondary N) is 1. The number of carbonyl (C=O) groups is 2. The van der Waals surface area contributed by atoms with Gasteiger partial charge in [-0.05, 0) is 58.6 Å². The van der Waals surface area contributed by atoms with Crippen LogP contribution in [0.25, 0.3) is 0 Å². The summed E-state index contributed by atoms with van der Waals surface area (Å²) in [4.78, 5) is 24.5. The van der Waals surface area contributed by atoms with Gasteiger partial charge in [-0.15, -0.1) is 11.3 Å². The van der Waals surface area contributed by atoms with Crippen LogP contribution in [0.1, 0.15) is 44.1 Å². The van der Waals surface area contributed by atoms with Gasteiger partial charge in [0.2, 0.25) is 0 Å². The van der Waals surface area contributed by atoms with E-state index in [4.69, 9.17) is 9.47 Å². The monoisotopic (exact) mass is 375 g/mol. The molecular weight excluding hydrogens is 351 g/mol. The van der Waals surface area contributed by atoms with Gasteiger partial charge in [0.15, 0.2) is 0 Å². The predicted molar refractivity (Wildman–Crippen MR) is 94.8 cm³/mol. The van der Waals surface area contributed by atoms with Gasteiger partial charge < -0.3 is 14.8 Å². The maximum Gasteiger partial charge on any atom is 0.582 e. The van der Waals surface area contributed by atoms with Gasteiger partial charge >= 0.3 is 19.3 Å². The van der Waals surface area contributed by atoms with Crippen molar-refractivity contribution in [3.8, 4) is 0 Å². The predicted octanol–water partition coefficient (Wildman–Crippen LogP) is 3.08. The minimum absolute atomic E-state index is 0.0453. The fourth-order valence-corrected chi connectivity index (χ4v) is 3.29. The minimum atomic E-state index is -2.48. The van der Waals surface area contributed by atoms with Crippen LogP contribution in [0, 0.1) is 6.92 Å². The molecule has 0 bridgehead atoms. The highest BCUT2D eigenvalue weighted by molar-refractivity contribution is 7.22. The molecule has 1 rings (SSSR count). The topological polar surface area (TPSA) is 64.6 Å². The summed E-state index contributed by atoms with van der Waals surface area (Å²) in [6.45, 7) is 6.95. The van der Waals surface area contributed by atoms with Crippen LogP contribution in [0.2, 0.25) is 0 Å². The normalized spacial score (nSPS) is 12.4. The molecule has 0 radical (unpaired) electrons. The van der Waals surface area contributed by atoms with Gasteiger partial charge in [-0.25, -0.2) is 9.59 Å². The van der Waals surface area contributed by atoms with E-state index < -0.39 is 31.0 Å². The van der Waals surface area contributed by atoms with E-state index in [9.17, 15) is 18.2 Å². The summed E-state index contributed by atoms with van der Waals surface area (Å²) in [5.74, 6) is -0.568. The molecule has 1 N–H and O–H groups in total. The first-order valence-electron chi connectivity index (χ1n) is 7.98. The second-order valence-corrected chi connectivity index (χ2v) is 7.84. The van der Waals surface area contributed by atoms with Crippen LogP contribution >= 0.6 is 11.3 Å². The molecule has 0 saturated heterocycles. The van der Waals surface area contributed by atoms with Crippen molar-refractivity contribution in [2.24, 2.45) is 0 Å². The summed E-state index contributed by atoms with van der Waals surface area (Å²) >= 11 is 1.08. The molecule has 1 atom stereocenters. The van der Waals surface area contributed by atoms with E-state index in [1.807, 2.05) is 0 Å². The Balaban J connectivity index is 2.62. The summed E-state index contributed by atoms with van der Waals surface area (Å²) in [6, 6.07) is 0.649. The lowest BCUT2D eigenvalue weighted by molar-refractivity contribution is -0.143. The highest BCUT2D eigenvalue weighted by Gasteiger charge is 2.25. The number of methoxy groups -OCH3 is 1. The first-order chi connectivity index (χ1) is 11.5. The van der Waals surface area contributed by atoms with Crippen molar-refractivity contribution in [1.29, 1.82) is 0 Å². The molecule has 1 aromatic rings. The van der Waals surface area contributed by atoms with Crippen molar-refractivity contribution < 1.29 is 27.7 Å². The van der Waals surface area contributed by atoms with Gasteiger partial charge in [-0.3, -0.25) is 8.63 Å². The smallest absolute Gasteiger partial charge is 0.467 e. The Bertz CT molecular complexity index is 601. The van der Waals surface area contributed by atoms with Crippen LogP contribution in [-0.4, -0.2) is 38.1 Å². The zero-order valence-electron chi connectivity index (χ0n) is 15.2. The van der Waals surface area contributed by atoms with Gasteiger partial charge in [-0.2, -0.15) is 0 Å². The van der Waals surface area contributed by atoms with E-state index in [0.717, 1.165) is 21.8 Å². The molecule has 0 aromatic carbocycles. The van der Waals surface area contributed by atoms with E-state index in [0.29, 0.717) is 19.3 Å². The fraction of sp³-hybridized carbons (Fsp3) is 0.625. The van der Waals surface area contributed by atoms with Crippen LogP contribution in [0.4, 0.5) is 13.4 Å². The van der Waals surface area contributed by atoms with Crippen molar-refractivity contribution in [3.63, 3.8) is 0 Å². The first kappa shape index (κ1) is 21.4. The number of ether oxygens (including phenoxy) is 2. The second-order valence-electron chi connectivity index (χ2n) is 6.67. The number of hydrogen-bond donors (Lipinski definition) is 1. The van der Waals surface area contributed by atoms with Gasteiger partial charge in [0.05, 0.1) is 7.11 Å². The number of halogens is 2. The molecule has 25 heavy (non-hydrogen) atoms. The Kier molecular flexibility index (Phi) is 7.85.